The van der Waals surface area contributed by atoms with E-state index in [1.54, 1.807) is 0 Å². The summed E-state index contributed by atoms with van der Waals surface area (Å²) in [5.41, 5.74) is 5.58. The van der Waals surface area contributed by atoms with Crippen LogP contribution in [0.4, 0.5) is 0 Å². The number of carbonyl (C=O) groups is 3. The van der Waals surface area contributed by atoms with E-state index in [-0.39, 0.29) is 12.3 Å². The third-order valence-corrected chi connectivity index (χ3v) is 2.74. The highest BCUT2D eigenvalue weighted by molar-refractivity contribution is 5.87. The molecule has 0 bridgehead atoms. The maximum Gasteiger partial charge on any atom is 0.332 e. The van der Waals surface area contributed by atoms with Gasteiger partial charge in [0.25, 0.3) is 0 Å². The first kappa shape index (κ1) is 19.2. The third-order valence-electron chi connectivity index (χ3n) is 2.74. The topological polar surface area (TPSA) is 177 Å². The molecule has 0 aliphatic rings. The Labute approximate surface area is 121 Å². The SMILES string of the molecule is CC(C)C[C@H](N)C(=O)N[C@H](C(=O)O)[C@H](CC(=O)O)[NH+]([O-])O. The van der Waals surface area contributed by atoms with Crippen molar-refractivity contribution in [3.8, 4) is 0 Å². The Morgan fingerprint density at radius 3 is 2.14 bits per heavy atom. The van der Waals surface area contributed by atoms with Crippen LogP contribution in [0.15, 0.2) is 0 Å². The van der Waals surface area contributed by atoms with Crippen molar-refractivity contribution in [3.63, 3.8) is 0 Å². The summed E-state index contributed by atoms with van der Waals surface area (Å²) >= 11 is 0. The van der Waals surface area contributed by atoms with E-state index in [1.807, 2.05) is 19.2 Å². The average molecular weight is 307 g/mol. The number of hydrogen-bond acceptors (Lipinski definition) is 6. The van der Waals surface area contributed by atoms with Crippen molar-refractivity contribution < 1.29 is 35.0 Å². The minimum absolute atomic E-state index is 0.0864. The Morgan fingerprint density at radius 1 is 1.29 bits per heavy atom. The molecule has 1 amide bonds. The number of nitrogens with one attached hydrogen (secondary N) is 2. The second-order valence-electron chi connectivity index (χ2n) is 5.10. The van der Waals surface area contributed by atoms with Gasteiger partial charge in [-0.3, -0.25) is 9.59 Å². The fourth-order valence-corrected chi connectivity index (χ4v) is 1.75. The fraction of sp³-hybridized carbons (Fsp3) is 0.727. The van der Waals surface area contributed by atoms with E-state index in [9.17, 15) is 19.6 Å². The molecule has 0 saturated heterocycles. The molecule has 0 aliphatic heterocycles. The van der Waals surface area contributed by atoms with Gasteiger partial charge in [-0.1, -0.05) is 13.8 Å². The Balaban J connectivity index is 5.00. The van der Waals surface area contributed by atoms with Gasteiger partial charge in [-0.05, 0) is 12.3 Å². The van der Waals surface area contributed by atoms with E-state index in [4.69, 9.17) is 21.2 Å². The van der Waals surface area contributed by atoms with Gasteiger partial charge in [-0.2, -0.15) is 0 Å². The van der Waals surface area contributed by atoms with Crippen LogP contribution in [0, 0.1) is 11.1 Å². The summed E-state index contributed by atoms with van der Waals surface area (Å²) in [6, 6.07) is -4.63. The van der Waals surface area contributed by atoms with Gasteiger partial charge >= 0.3 is 11.9 Å². The third kappa shape index (κ3) is 6.99. The lowest BCUT2D eigenvalue weighted by atomic mass is 10.0. The number of carboxylic acids is 2. The van der Waals surface area contributed by atoms with Crippen molar-refractivity contribution in [1.82, 2.24) is 5.32 Å². The lowest BCUT2D eigenvalue weighted by molar-refractivity contribution is -1.07. The van der Waals surface area contributed by atoms with Gasteiger partial charge in [0.2, 0.25) is 5.91 Å². The molecule has 10 nitrogen and oxygen atoms in total. The zero-order valence-corrected chi connectivity index (χ0v) is 11.8. The minimum Gasteiger partial charge on any atom is -0.600 e. The first-order valence-electron chi connectivity index (χ1n) is 6.29. The molecule has 21 heavy (non-hydrogen) atoms. The number of rotatable bonds is 9. The minimum atomic E-state index is -1.86. The van der Waals surface area contributed by atoms with E-state index >= 15 is 0 Å². The predicted octanol–water partition coefficient (Wildman–Crippen LogP) is -2.46. The Kier molecular flexibility index (Phi) is 7.81. The van der Waals surface area contributed by atoms with E-state index in [2.05, 4.69) is 0 Å². The van der Waals surface area contributed by atoms with Gasteiger partial charge in [0.1, 0.15) is 6.42 Å². The first-order chi connectivity index (χ1) is 9.56. The molecule has 0 aromatic rings. The largest absolute Gasteiger partial charge is 0.600 e. The van der Waals surface area contributed by atoms with Crippen LogP contribution in [0.2, 0.25) is 0 Å². The molecule has 10 heteroatoms. The van der Waals surface area contributed by atoms with Crippen molar-refractivity contribution >= 4 is 17.8 Å². The molecule has 0 aromatic heterocycles. The van der Waals surface area contributed by atoms with Crippen LogP contribution in [0.3, 0.4) is 0 Å². The highest BCUT2D eigenvalue weighted by Crippen LogP contribution is 2.04. The van der Waals surface area contributed by atoms with Gasteiger partial charge in [-0.15, -0.1) is 0 Å². The molecule has 0 saturated carbocycles. The zero-order valence-electron chi connectivity index (χ0n) is 11.8. The first-order valence-corrected chi connectivity index (χ1v) is 6.29. The lowest BCUT2D eigenvalue weighted by Gasteiger charge is -2.29. The standard InChI is InChI=1S/C11H21N3O7/c1-5(2)3-6(12)10(17)13-9(11(18)19)7(14(20)21)4-8(15)16/h5-7,9,14,20H,3-4,12H2,1-2H3,(H,13,17)(H,15,16)(H,18,19)/t6-,7-,9-/m0/s1. The smallest absolute Gasteiger partial charge is 0.332 e. The van der Waals surface area contributed by atoms with Crippen LogP contribution in [0.1, 0.15) is 26.7 Å². The molecule has 122 valence electrons. The molecule has 0 aliphatic carbocycles. The number of hydrogen-bond donors (Lipinski definition) is 6. The molecule has 0 aromatic carbocycles. The lowest BCUT2D eigenvalue weighted by Crippen LogP contribution is -3.11. The van der Waals surface area contributed by atoms with E-state index in [0.29, 0.717) is 0 Å². The molecular weight excluding hydrogens is 286 g/mol. The van der Waals surface area contributed by atoms with Crippen LogP contribution in [0.5, 0.6) is 0 Å². The summed E-state index contributed by atoms with van der Waals surface area (Å²) in [6.07, 6.45) is -0.638. The molecule has 1 unspecified atom stereocenters. The van der Waals surface area contributed by atoms with Crippen LogP contribution in [-0.4, -0.2) is 51.4 Å². The molecule has 0 spiro atoms. The highest BCUT2D eigenvalue weighted by Gasteiger charge is 2.37. The van der Waals surface area contributed by atoms with E-state index in [1.165, 1.54) is 0 Å². The summed E-state index contributed by atoms with van der Waals surface area (Å²) in [5.74, 6) is -3.85. The van der Waals surface area contributed by atoms with Gasteiger partial charge in [0.15, 0.2) is 12.1 Å². The Hall–Kier alpha value is -1.75. The van der Waals surface area contributed by atoms with Crippen molar-refractivity contribution in [2.45, 2.75) is 44.8 Å². The summed E-state index contributed by atoms with van der Waals surface area (Å²) in [7, 11) is 0. The molecule has 0 rings (SSSR count). The second-order valence-corrected chi connectivity index (χ2v) is 5.10. The Bertz CT molecular complexity index is 386. The number of carboxylic acid groups (broad SMARTS) is 2. The van der Waals surface area contributed by atoms with Gasteiger partial charge in [-0.25, -0.2) is 15.2 Å². The number of aliphatic carboxylic acids is 2. The van der Waals surface area contributed by atoms with Crippen molar-refractivity contribution in [2.75, 3.05) is 0 Å². The van der Waals surface area contributed by atoms with E-state index < -0.39 is 47.6 Å². The van der Waals surface area contributed by atoms with Crippen LogP contribution in [0.25, 0.3) is 0 Å². The number of quaternary nitrogens is 1. The quantitative estimate of drug-likeness (QED) is 0.254. The fourth-order valence-electron chi connectivity index (χ4n) is 1.75. The monoisotopic (exact) mass is 307 g/mol. The number of carbonyl (C=O) groups excluding carboxylic acids is 1. The van der Waals surface area contributed by atoms with Crippen molar-refractivity contribution in [2.24, 2.45) is 11.7 Å². The van der Waals surface area contributed by atoms with Gasteiger partial charge in [0.05, 0.1) is 6.04 Å². The summed E-state index contributed by atoms with van der Waals surface area (Å²) in [6.45, 7) is 3.62. The average Bonchev–Trinajstić information content (AvgIpc) is 2.31. The highest BCUT2D eigenvalue weighted by atomic mass is 16.8. The predicted molar refractivity (Wildman–Crippen MR) is 69.2 cm³/mol. The van der Waals surface area contributed by atoms with Gasteiger partial charge in [0, 0.05) is 0 Å². The van der Waals surface area contributed by atoms with Gasteiger partial charge < -0.3 is 26.5 Å². The summed E-state index contributed by atoms with van der Waals surface area (Å²) in [5, 5.41) is 37.9. The van der Waals surface area contributed by atoms with Crippen LogP contribution >= 0.6 is 0 Å². The molecule has 4 atom stereocenters. The molecule has 0 radical (unpaired) electrons. The molecule has 0 fully saturated rings. The van der Waals surface area contributed by atoms with Crippen LogP contribution < -0.4 is 16.3 Å². The maximum atomic E-state index is 11.8. The zero-order chi connectivity index (χ0) is 16.7. The van der Waals surface area contributed by atoms with E-state index in [0.717, 1.165) is 0 Å². The van der Waals surface area contributed by atoms with Crippen molar-refractivity contribution in [1.29, 1.82) is 0 Å². The summed E-state index contributed by atoms with van der Waals surface area (Å²) in [4.78, 5) is 33.5. The summed E-state index contributed by atoms with van der Waals surface area (Å²) < 4.78 is 0. The number of amides is 1. The number of nitrogens with two attached hydrogens (primary N) is 1. The van der Waals surface area contributed by atoms with Crippen molar-refractivity contribution in [3.05, 3.63) is 5.21 Å². The Morgan fingerprint density at radius 2 is 1.81 bits per heavy atom. The normalized spacial score (nSPS) is 16.9. The van der Waals surface area contributed by atoms with Crippen LogP contribution in [-0.2, 0) is 14.4 Å². The molecule has 0 heterocycles. The second kappa shape index (κ2) is 8.52. The molecule has 7 N–H and O–H groups in total. The number of hydroxylamine groups is 2. The molecular formula is C11H21N3O7. The maximum absolute atomic E-state index is 11.8.